The highest BCUT2D eigenvalue weighted by Crippen LogP contribution is 2.17. The van der Waals surface area contributed by atoms with Gasteiger partial charge in [-0.2, -0.15) is 5.26 Å². The van der Waals surface area contributed by atoms with Crippen molar-refractivity contribution in [3.05, 3.63) is 65.2 Å². The minimum absolute atomic E-state index is 0.609. The molecule has 2 aromatic carbocycles. The molecule has 0 aliphatic rings. The fourth-order valence-electron chi connectivity index (χ4n) is 1.98. The molecule has 0 saturated carbocycles. The van der Waals surface area contributed by atoms with E-state index in [1.165, 1.54) is 0 Å². The van der Waals surface area contributed by atoms with Crippen LogP contribution in [0.3, 0.4) is 0 Å². The van der Waals surface area contributed by atoms with Crippen molar-refractivity contribution in [2.24, 2.45) is 0 Å². The van der Waals surface area contributed by atoms with E-state index in [0.29, 0.717) is 25.3 Å². The van der Waals surface area contributed by atoms with Gasteiger partial charge in [0.05, 0.1) is 18.2 Å². The zero-order valence-electron chi connectivity index (χ0n) is 11.6. The molecule has 0 aromatic heterocycles. The molecule has 0 heterocycles. The van der Waals surface area contributed by atoms with Gasteiger partial charge < -0.3 is 10.1 Å². The number of nitrogens with one attached hydrogen (secondary N) is 1. The van der Waals surface area contributed by atoms with E-state index in [4.69, 9.17) is 10.00 Å². The lowest BCUT2D eigenvalue weighted by Gasteiger charge is -2.12. The highest BCUT2D eigenvalue weighted by molar-refractivity contribution is 5.51. The van der Waals surface area contributed by atoms with Crippen molar-refractivity contribution in [3.8, 4) is 6.07 Å². The second-order valence-electron chi connectivity index (χ2n) is 4.46. The van der Waals surface area contributed by atoms with E-state index in [0.717, 1.165) is 16.8 Å². The van der Waals surface area contributed by atoms with E-state index in [1.807, 2.05) is 49.4 Å². The summed E-state index contributed by atoms with van der Waals surface area (Å²) in [5, 5.41) is 12.3. The number of hydrogen-bond donors (Lipinski definition) is 1. The number of para-hydroxylation sites is 1. The van der Waals surface area contributed by atoms with Crippen LogP contribution in [0.15, 0.2) is 48.5 Å². The van der Waals surface area contributed by atoms with Crippen molar-refractivity contribution >= 4 is 5.69 Å². The van der Waals surface area contributed by atoms with Crippen LogP contribution in [0.2, 0.25) is 0 Å². The molecule has 0 radical (unpaired) electrons. The minimum atomic E-state index is 0.609. The Morgan fingerprint density at radius 1 is 1.15 bits per heavy atom. The third-order valence-corrected chi connectivity index (χ3v) is 3.02. The van der Waals surface area contributed by atoms with E-state index >= 15 is 0 Å². The van der Waals surface area contributed by atoms with Crippen molar-refractivity contribution in [3.63, 3.8) is 0 Å². The first-order valence-electron chi connectivity index (χ1n) is 6.72. The second-order valence-corrected chi connectivity index (χ2v) is 4.46. The first-order chi connectivity index (χ1) is 9.83. The number of anilines is 1. The predicted molar refractivity (Wildman–Crippen MR) is 80.3 cm³/mol. The summed E-state index contributed by atoms with van der Waals surface area (Å²) in [5.74, 6) is 0. The van der Waals surface area contributed by atoms with E-state index < -0.39 is 0 Å². The molecule has 1 N–H and O–H groups in total. The number of benzene rings is 2. The first-order valence-corrected chi connectivity index (χ1v) is 6.72. The van der Waals surface area contributed by atoms with Crippen LogP contribution in [0.25, 0.3) is 0 Å². The van der Waals surface area contributed by atoms with Crippen LogP contribution >= 0.6 is 0 Å². The standard InChI is InChI=1S/C17H18N2O/c1-2-20-13-16-8-3-4-9-17(16)19-12-15-7-5-6-14(10-15)11-18/h3-10,19H,2,12-13H2,1H3. The SMILES string of the molecule is CCOCc1ccccc1NCc1cccc(C#N)c1. The quantitative estimate of drug-likeness (QED) is 0.867. The largest absolute Gasteiger partial charge is 0.381 e. The van der Waals surface area contributed by atoms with E-state index in [1.54, 1.807) is 0 Å². The lowest BCUT2D eigenvalue weighted by Crippen LogP contribution is -2.03. The molecule has 3 nitrogen and oxygen atoms in total. The number of nitrogens with zero attached hydrogens (tertiary/aromatic N) is 1. The maximum Gasteiger partial charge on any atom is 0.0991 e. The van der Waals surface area contributed by atoms with Crippen LogP contribution in [0.4, 0.5) is 5.69 Å². The van der Waals surface area contributed by atoms with Gasteiger partial charge in [-0.15, -0.1) is 0 Å². The van der Waals surface area contributed by atoms with Gasteiger partial charge in [-0.25, -0.2) is 0 Å². The normalized spacial score (nSPS) is 10.0. The molecule has 0 atom stereocenters. The van der Waals surface area contributed by atoms with Crippen LogP contribution in [0.5, 0.6) is 0 Å². The molecule has 20 heavy (non-hydrogen) atoms. The summed E-state index contributed by atoms with van der Waals surface area (Å²) >= 11 is 0. The summed E-state index contributed by atoms with van der Waals surface area (Å²) in [6, 6.07) is 17.9. The molecule has 2 rings (SSSR count). The fraction of sp³-hybridized carbons (Fsp3) is 0.235. The fourth-order valence-corrected chi connectivity index (χ4v) is 1.98. The van der Waals surface area contributed by atoms with Crippen LogP contribution in [-0.4, -0.2) is 6.61 Å². The maximum absolute atomic E-state index is 8.90. The summed E-state index contributed by atoms with van der Waals surface area (Å²) in [5.41, 5.74) is 4.00. The van der Waals surface area contributed by atoms with Crippen molar-refractivity contribution in [2.75, 3.05) is 11.9 Å². The Morgan fingerprint density at radius 3 is 2.80 bits per heavy atom. The van der Waals surface area contributed by atoms with Crippen molar-refractivity contribution in [1.29, 1.82) is 5.26 Å². The number of nitriles is 1. The maximum atomic E-state index is 8.90. The van der Waals surface area contributed by atoms with Gasteiger partial charge in [0.2, 0.25) is 0 Å². The Labute approximate surface area is 119 Å². The number of hydrogen-bond acceptors (Lipinski definition) is 3. The first kappa shape index (κ1) is 14.1. The zero-order chi connectivity index (χ0) is 14.2. The van der Waals surface area contributed by atoms with Crippen molar-refractivity contribution in [2.45, 2.75) is 20.1 Å². The van der Waals surface area contributed by atoms with Gasteiger partial charge in [-0.1, -0.05) is 30.3 Å². The summed E-state index contributed by atoms with van der Waals surface area (Å²) in [6.07, 6.45) is 0. The van der Waals surface area contributed by atoms with Crippen LogP contribution in [0.1, 0.15) is 23.6 Å². The van der Waals surface area contributed by atoms with E-state index in [2.05, 4.69) is 17.5 Å². The number of rotatable bonds is 6. The molecule has 0 bridgehead atoms. The molecule has 0 aliphatic carbocycles. The monoisotopic (exact) mass is 266 g/mol. The molecule has 0 aliphatic heterocycles. The van der Waals surface area contributed by atoms with Crippen LogP contribution < -0.4 is 5.32 Å². The molecule has 3 heteroatoms. The molecule has 102 valence electrons. The molecular formula is C17H18N2O. The Morgan fingerprint density at radius 2 is 2.00 bits per heavy atom. The summed E-state index contributed by atoms with van der Waals surface area (Å²) in [6.45, 7) is 4.00. The van der Waals surface area contributed by atoms with E-state index in [9.17, 15) is 0 Å². The Bertz CT molecular complexity index is 602. The molecule has 0 spiro atoms. The minimum Gasteiger partial charge on any atom is -0.381 e. The predicted octanol–water partition coefficient (Wildman–Crippen LogP) is 3.71. The van der Waals surface area contributed by atoms with Crippen LogP contribution in [0, 0.1) is 11.3 Å². The lowest BCUT2D eigenvalue weighted by molar-refractivity contribution is 0.134. The molecule has 0 saturated heterocycles. The van der Waals surface area contributed by atoms with Gasteiger partial charge in [-0.3, -0.25) is 0 Å². The van der Waals surface area contributed by atoms with Crippen LogP contribution in [-0.2, 0) is 17.9 Å². The molecule has 0 amide bonds. The topological polar surface area (TPSA) is 45.0 Å². The average molecular weight is 266 g/mol. The lowest BCUT2D eigenvalue weighted by atomic mass is 10.1. The molecule has 0 unspecified atom stereocenters. The van der Waals surface area contributed by atoms with Crippen molar-refractivity contribution < 1.29 is 4.74 Å². The van der Waals surface area contributed by atoms with Gasteiger partial charge in [0.1, 0.15) is 0 Å². The molecule has 2 aromatic rings. The van der Waals surface area contributed by atoms with Gasteiger partial charge >= 0.3 is 0 Å². The Kier molecular flexibility index (Phi) is 5.16. The Balaban J connectivity index is 2.05. The molecule has 0 fully saturated rings. The second kappa shape index (κ2) is 7.32. The van der Waals surface area contributed by atoms with Gasteiger partial charge in [-0.05, 0) is 30.7 Å². The zero-order valence-corrected chi connectivity index (χ0v) is 11.6. The smallest absolute Gasteiger partial charge is 0.0991 e. The van der Waals surface area contributed by atoms with Gasteiger partial charge in [0.15, 0.2) is 0 Å². The van der Waals surface area contributed by atoms with Crippen molar-refractivity contribution in [1.82, 2.24) is 0 Å². The highest BCUT2D eigenvalue weighted by Gasteiger charge is 2.02. The molecular weight excluding hydrogens is 248 g/mol. The number of ether oxygens (including phenoxy) is 1. The van der Waals surface area contributed by atoms with Gasteiger partial charge in [0, 0.05) is 24.4 Å². The van der Waals surface area contributed by atoms with Gasteiger partial charge in [0.25, 0.3) is 0 Å². The average Bonchev–Trinajstić information content (AvgIpc) is 2.52. The third-order valence-electron chi connectivity index (χ3n) is 3.02. The summed E-state index contributed by atoms with van der Waals surface area (Å²) in [7, 11) is 0. The van der Waals surface area contributed by atoms with E-state index in [-0.39, 0.29) is 0 Å². The Hall–Kier alpha value is -2.31. The highest BCUT2D eigenvalue weighted by atomic mass is 16.5. The third kappa shape index (κ3) is 3.84. The summed E-state index contributed by atoms with van der Waals surface area (Å²) in [4.78, 5) is 0. The summed E-state index contributed by atoms with van der Waals surface area (Å²) < 4.78 is 5.47.